The summed E-state index contributed by atoms with van der Waals surface area (Å²) in [6.07, 6.45) is 7.34. The SMILES string of the molecule is NC1(c2ccccc2)C=CC(c2ccc(-c3ccc(-c4ccc5ccccc5c4)cc3)cc2)=CC1. The van der Waals surface area contributed by atoms with Gasteiger partial charge < -0.3 is 5.73 Å². The second-order valence-electron chi connectivity index (χ2n) is 9.32. The maximum Gasteiger partial charge on any atom is 0.0633 e. The van der Waals surface area contributed by atoms with Crippen molar-refractivity contribution in [2.45, 2.75) is 12.0 Å². The van der Waals surface area contributed by atoms with E-state index in [1.54, 1.807) is 0 Å². The molecule has 1 heteroatoms. The second-order valence-corrected chi connectivity index (χ2v) is 9.32. The lowest BCUT2D eigenvalue weighted by molar-refractivity contribution is 0.567. The average Bonchev–Trinajstić information content (AvgIpc) is 2.94. The molecule has 1 aliphatic carbocycles. The quantitative estimate of drug-likeness (QED) is 0.293. The highest BCUT2D eigenvalue weighted by Crippen LogP contribution is 2.33. The molecule has 5 aromatic carbocycles. The third-order valence-electron chi connectivity index (χ3n) is 7.05. The lowest BCUT2D eigenvalue weighted by Crippen LogP contribution is -2.34. The van der Waals surface area contributed by atoms with E-state index < -0.39 is 5.54 Å². The standard InChI is InChI=1S/C34H27N/c35-34(33-8-2-1-3-9-33)22-20-30(21-23-34)28-12-10-26(11-13-28)27-14-16-29(17-15-27)32-19-18-25-6-4-5-7-31(25)24-32/h1-22,24H,23,35H2. The van der Waals surface area contributed by atoms with E-state index in [2.05, 4.69) is 121 Å². The molecular weight excluding hydrogens is 422 g/mol. The minimum atomic E-state index is -0.433. The highest BCUT2D eigenvalue weighted by Gasteiger charge is 2.25. The van der Waals surface area contributed by atoms with Gasteiger partial charge >= 0.3 is 0 Å². The molecule has 1 nitrogen and oxygen atoms in total. The third-order valence-corrected chi connectivity index (χ3v) is 7.05. The largest absolute Gasteiger partial charge is 0.318 e. The van der Waals surface area contributed by atoms with Gasteiger partial charge in [0.2, 0.25) is 0 Å². The van der Waals surface area contributed by atoms with Gasteiger partial charge in [0.15, 0.2) is 0 Å². The Labute approximate surface area is 206 Å². The lowest BCUT2D eigenvalue weighted by Gasteiger charge is -2.28. The molecule has 1 unspecified atom stereocenters. The molecule has 0 bridgehead atoms. The van der Waals surface area contributed by atoms with Crippen molar-refractivity contribution in [3.05, 3.63) is 151 Å². The number of rotatable bonds is 4. The van der Waals surface area contributed by atoms with E-state index in [-0.39, 0.29) is 0 Å². The van der Waals surface area contributed by atoms with Gasteiger partial charge in [-0.3, -0.25) is 0 Å². The molecule has 0 saturated heterocycles. The smallest absolute Gasteiger partial charge is 0.0633 e. The molecule has 6 rings (SSSR count). The van der Waals surface area contributed by atoms with Crippen LogP contribution in [0, 0.1) is 0 Å². The van der Waals surface area contributed by atoms with Crippen molar-refractivity contribution >= 4 is 16.3 Å². The van der Waals surface area contributed by atoms with E-state index in [4.69, 9.17) is 5.73 Å². The lowest BCUT2D eigenvalue weighted by atomic mass is 9.82. The van der Waals surface area contributed by atoms with E-state index in [1.165, 1.54) is 44.2 Å². The summed E-state index contributed by atoms with van der Waals surface area (Å²) in [6.45, 7) is 0. The van der Waals surface area contributed by atoms with Crippen molar-refractivity contribution in [3.63, 3.8) is 0 Å². The fourth-order valence-corrected chi connectivity index (χ4v) is 4.91. The number of fused-ring (bicyclic) bond motifs is 1. The number of benzene rings is 5. The minimum Gasteiger partial charge on any atom is -0.318 e. The highest BCUT2D eigenvalue weighted by atomic mass is 14.7. The number of hydrogen-bond acceptors (Lipinski definition) is 1. The first-order valence-electron chi connectivity index (χ1n) is 12.1. The minimum absolute atomic E-state index is 0.433. The van der Waals surface area contributed by atoms with E-state index in [1.807, 2.05) is 18.2 Å². The molecule has 0 radical (unpaired) electrons. The summed E-state index contributed by atoms with van der Waals surface area (Å²) in [7, 11) is 0. The summed E-state index contributed by atoms with van der Waals surface area (Å²) in [5.41, 5.74) is 14.7. The zero-order valence-corrected chi connectivity index (χ0v) is 19.6. The van der Waals surface area contributed by atoms with Crippen LogP contribution in [0.4, 0.5) is 0 Å². The Morgan fingerprint density at radius 2 is 1.06 bits per heavy atom. The van der Waals surface area contributed by atoms with E-state index in [9.17, 15) is 0 Å². The summed E-state index contributed by atoms with van der Waals surface area (Å²) in [4.78, 5) is 0. The first-order valence-corrected chi connectivity index (χ1v) is 12.1. The first-order chi connectivity index (χ1) is 17.2. The molecule has 2 N–H and O–H groups in total. The van der Waals surface area contributed by atoms with E-state index in [0.717, 1.165) is 12.0 Å². The molecule has 1 aliphatic rings. The summed E-state index contributed by atoms with van der Waals surface area (Å²) in [5.74, 6) is 0. The zero-order chi connectivity index (χ0) is 23.7. The first kappa shape index (κ1) is 21.3. The second kappa shape index (κ2) is 8.87. The van der Waals surface area contributed by atoms with Gasteiger partial charge in [-0.25, -0.2) is 0 Å². The maximum absolute atomic E-state index is 6.67. The summed E-state index contributed by atoms with van der Waals surface area (Å²) >= 11 is 0. The van der Waals surface area contributed by atoms with E-state index in [0.29, 0.717) is 0 Å². The van der Waals surface area contributed by atoms with E-state index >= 15 is 0 Å². The maximum atomic E-state index is 6.67. The van der Waals surface area contributed by atoms with Gasteiger partial charge in [-0.15, -0.1) is 0 Å². The van der Waals surface area contributed by atoms with Gasteiger partial charge in [-0.05, 0) is 62.2 Å². The van der Waals surface area contributed by atoms with Crippen LogP contribution in [-0.2, 0) is 5.54 Å². The molecule has 0 spiro atoms. The van der Waals surface area contributed by atoms with Crippen molar-refractivity contribution in [1.29, 1.82) is 0 Å². The molecule has 0 saturated carbocycles. The summed E-state index contributed by atoms with van der Waals surface area (Å²) in [6, 6.07) is 43.1. The fraction of sp³-hybridized carbons (Fsp3) is 0.0588. The van der Waals surface area contributed by atoms with Gasteiger partial charge in [0.1, 0.15) is 0 Å². The van der Waals surface area contributed by atoms with Crippen LogP contribution in [-0.4, -0.2) is 0 Å². The zero-order valence-electron chi connectivity index (χ0n) is 19.6. The molecule has 0 amide bonds. The van der Waals surface area contributed by atoms with Crippen molar-refractivity contribution in [3.8, 4) is 22.3 Å². The van der Waals surface area contributed by atoms with Crippen LogP contribution in [0.3, 0.4) is 0 Å². The summed E-state index contributed by atoms with van der Waals surface area (Å²) < 4.78 is 0. The molecule has 1 atom stereocenters. The van der Waals surface area contributed by atoms with Crippen LogP contribution in [0.2, 0.25) is 0 Å². The van der Waals surface area contributed by atoms with Crippen LogP contribution in [0.1, 0.15) is 17.5 Å². The monoisotopic (exact) mass is 449 g/mol. The Balaban J connectivity index is 1.19. The van der Waals surface area contributed by atoms with Crippen molar-refractivity contribution in [2.75, 3.05) is 0 Å². The Morgan fingerprint density at radius 1 is 0.514 bits per heavy atom. The molecule has 0 heterocycles. The van der Waals surface area contributed by atoms with Crippen molar-refractivity contribution < 1.29 is 0 Å². The molecule has 35 heavy (non-hydrogen) atoms. The number of nitrogens with two attached hydrogens (primary N) is 1. The van der Waals surface area contributed by atoms with Crippen LogP contribution >= 0.6 is 0 Å². The third kappa shape index (κ3) is 4.23. The molecule has 5 aromatic rings. The van der Waals surface area contributed by atoms with Crippen molar-refractivity contribution in [1.82, 2.24) is 0 Å². The van der Waals surface area contributed by atoms with Gasteiger partial charge in [0.25, 0.3) is 0 Å². The van der Waals surface area contributed by atoms with Gasteiger partial charge in [-0.2, -0.15) is 0 Å². The predicted molar refractivity (Wildman–Crippen MR) is 149 cm³/mol. The Bertz CT molecular complexity index is 1540. The van der Waals surface area contributed by atoms with Crippen molar-refractivity contribution in [2.24, 2.45) is 5.73 Å². The summed E-state index contributed by atoms with van der Waals surface area (Å²) in [5, 5.41) is 2.54. The molecular formula is C34H27N. The highest BCUT2D eigenvalue weighted by molar-refractivity contribution is 5.87. The van der Waals surface area contributed by atoms with Crippen LogP contribution in [0.15, 0.2) is 140 Å². The molecule has 0 fully saturated rings. The molecule has 168 valence electrons. The Morgan fingerprint density at radius 3 is 1.69 bits per heavy atom. The number of allylic oxidation sites excluding steroid dienone is 2. The van der Waals surface area contributed by atoms with Crippen LogP contribution < -0.4 is 5.73 Å². The topological polar surface area (TPSA) is 26.0 Å². The predicted octanol–water partition coefficient (Wildman–Crippen LogP) is 8.37. The normalized spacial score (nSPS) is 17.3. The van der Waals surface area contributed by atoms with Crippen LogP contribution in [0.5, 0.6) is 0 Å². The van der Waals surface area contributed by atoms with Gasteiger partial charge in [0.05, 0.1) is 5.54 Å². The van der Waals surface area contributed by atoms with Gasteiger partial charge in [-0.1, -0.05) is 133 Å². The van der Waals surface area contributed by atoms with Gasteiger partial charge in [0, 0.05) is 0 Å². The molecule has 0 aromatic heterocycles. The Kier molecular flexibility index (Phi) is 5.41. The van der Waals surface area contributed by atoms with Crippen LogP contribution in [0.25, 0.3) is 38.6 Å². The molecule has 0 aliphatic heterocycles. The number of hydrogen-bond donors (Lipinski definition) is 1. The Hall–Kier alpha value is -4.20. The average molecular weight is 450 g/mol. The fourth-order valence-electron chi connectivity index (χ4n) is 4.91.